The van der Waals surface area contributed by atoms with Crippen molar-refractivity contribution in [1.29, 1.82) is 0 Å². The van der Waals surface area contributed by atoms with Gasteiger partial charge in [0.25, 0.3) is 0 Å². The predicted molar refractivity (Wildman–Crippen MR) is 102 cm³/mol. The van der Waals surface area contributed by atoms with E-state index in [4.69, 9.17) is 4.74 Å². The lowest BCUT2D eigenvalue weighted by atomic mass is 10.2. The Hall–Kier alpha value is -2.48. The molecular weight excluding hydrogens is 338 g/mol. The molecule has 1 aromatic carbocycles. The van der Waals surface area contributed by atoms with Crippen molar-refractivity contribution in [3.8, 4) is 5.75 Å². The maximum absolute atomic E-state index is 12.1. The van der Waals surface area contributed by atoms with Crippen molar-refractivity contribution in [2.45, 2.75) is 12.3 Å². The van der Waals surface area contributed by atoms with Crippen molar-refractivity contribution >= 4 is 35.3 Å². The first-order valence-electron chi connectivity index (χ1n) is 7.82. The molecule has 25 heavy (non-hydrogen) atoms. The number of hydrogen-bond acceptors (Lipinski definition) is 6. The molecule has 2 heterocycles. The number of hydrazone groups is 1. The maximum Gasteiger partial charge on any atom is 0.323 e. The lowest BCUT2D eigenvalue weighted by Gasteiger charge is -2.25. The number of rotatable bonds is 4. The lowest BCUT2D eigenvalue weighted by molar-refractivity contribution is 0.172. The zero-order chi connectivity index (χ0) is 18.0. The fraction of sp³-hybridized carbons (Fsp3) is 0.353. The van der Waals surface area contributed by atoms with Gasteiger partial charge < -0.3 is 14.5 Å². The van der Waals surface area contributed by atoms with E-state index in [0.717, 1.165) is 16.5 Å². The van der Waals surface area contributed by atoms with Gasteiger partial charge in [-0.1, -0.05) is 30.0 Å². The standard InChI is InChI=1S/C17H21N5O2S/c1-20-14-15(21(2)17(20)23)22(16(19-14)25-4)18-11-5-6-12-7-9-13(24-3)10-8-12/h5-11,14-15H,1-4H3/b6-5+,18-11+. The molecule has 0 aliphatic carbocycles. The lowest BCUT2D eigenvalue weighted by Crippen LogP contribution is -2.43. The van der Waals surface area contributed by atoms with Crippen molar-refractivity contribution < 1.29 is 9.53 Å². The van der Waals surface area contributed by atoms with Crippen LogP contribution in [0.5, 0.6) is 5.75 Å². The SMILES string of the molecule is COc1ccc(/C=C/C=N/N2C(SC)=NC3C2N(C)C(=O)N3C)cc1. The minimum Gasteiger partial charge on any atom is -0.497 e. The van der Waals surface area contributed by atoms with E-state index in [1.165, 1.54) is 11.8 Å². The largest absolute Gasteiger partial charge is 0.497 e. The third-order valence-electron chi connectivity index (χ3n) is 4.22. The number of likely N-dealkylation sites (N-methyl/N-ethyl adjacent to an activating group) is 2. The van der Waals surface area contributed by atoms with E-state index in [9.17, 15) is 4.79 Å². The Bertz CT molecular complexity index is 731. The van der Waals surface area contributed by atoms with Gasteiger partial charge in [0.05, 0.1) is 7.11 Å². The van der Waals surface area contributed by atoms with Crippen LogP contribution in [0.15, 0.2) is 40.4 Å². The van der Waals surface area contributed by atoms with Gasteiger partial charge in [0.2, 0.25) is 0 Å². The summed E-state index contributed by atoms with van der Waals surface area (Å²) in [7, 11) is 5.19. The summed E-state index contributed by atoms with van der Waals surface area (Å²) < 4.78 is 5.15. The molecule has 0 aromatic heterocycles. The van der Waals surface area contributed by atoms with Crippen LogP contribution < -0.4 is 4.74 Å². The first kappa shape index (κ1) is 17.3. The summed E-state index contributed by atoms with van der Waals surface area (Å²) in [4.78, 5) is 20.0. The second-order valence-electron chi connectivity index (χ2n) is 5.69. The molecule has 3 rings (SSSR count). The highest BCUT2D eigenvalue weighted by molar-refractivity contribution is 8.13. The zero-order valence-electron chi connectivity index (χ0n) is 14.7. The summed E-state index contributed by atoms with van der Waals surface area (Å²) in [5, 5.41) is 7.11. The molecule has 0 N–H and O–H groups in total. The molecule has 2 amide bonds. The van der Waals surface area contributed by atoms with E-state index in [2.05, 4.69) is 10.1 Å². The number of amidine groups is 1. The molecule has 8 heteroatoms. The normalized spacial score (nSPS) is 23.1. The van der Waals surface area contributed by atoms with Gasteiger partial charge in [0, 0.05) is 20.3 Å². The minimum atomic E-state index is -0.220. The Morgan fingerprint density at radius 1 is 1.24 bits per heavy atom. The van der Waals surface area contributed by atoms with Crippen LogP contribution in [0.3, 0.4) is 0 Å². The van der Waals surface area contributed by atoms with Gasteiger partial charge in [-0.3, -0.25) is 0 Å². The molecule has 2 aliphatic rings. The molecule has 132 valence electrons. The number of hydrogen-bond donors (Lipinski definition) is 0. The van der Waals surface area contributed by atoms with Gasteiger partial charge in [-0.2, -0.15) is 5.10 Å². The number of ether oxygens (including phenoxy) is 1. The number of thioether (sulfide) groups is 1. The Morgan fingerprint density at radius 2 is 1.96 bits per heavy atom. The summed E-state index contributed by atoms with van der Waals surface area (Å²) >= 11 is 1.52. The number of methoxy groups -OCH3 is 1. The van der Waals surface area contributed by atoms with Crippen molar-refractivity contribution in [2.24, 2.45) is 10.1 Å². The summed E-state index contributed by atoms with van der Waals surface area (Å²) in [6, 6.07) is 7.72. The second-order valence-corrected chi connectivity index (χ2v) is 6.46. The molecule has 0 radical (unpaired) electrons. The first-order valence-corrected chi connectivity index (χ1v) is 9.04. The number of aliphatic imine (C=N–C) groups is 1. The molecule has 0 bridgehead atoms. The van der Waals surface area contributed by atoms with Gasteiger partial charge >= 0.3 is 6.03 Å². The smallest absolute Gasteiger partial charge is 0.323 e. The topological polar surface area (TPSA) is 60.7 Å². The maximum atomic E-state index is 12.1. The van der Waals surface area contributed by atoms with Gasteiger partial charge in [-0.15, -0.1) is 0 Å². The van der Waals surface area contributed by atoms with E-state index in [-0.39, 0.29) is 18.4 Å². The molecule has 7 nitrogen and oxygen atoms in total. The van der Waals surface area contributed by atoms with Crippen LogP contribution in [0.2, 0.25) is 0 Å². The van der Waals surface area contributed by atoms with Crippen molar-refractivity contribution in [1.82, 2.24) is 14.8 Å². The van der Waals surface area contributed by atoms with Crippen LogP contribution in [-0.4, -0.2) is 72.0 Å². The Morgan fingerprint density at radius 3 is 2.60 bits per heavy atom. The average Bonchev–Trinajstić information content (AvgIpc) is 3.10. The first-order chi connectivity index (χ1) is 12.1. The summed E-state index contributed by atoms with van der Waals surface area (Å²) in [6.45, 7) is 0. The molecule has 1 saturated heterocycles. The molecule has 0 spiro atoms. The van der Waals surface area contributed by atoms with E-state index in [0.29, 0.717) is 0 Å². The van der Waals surface area contributed by atoms with E-state index < -0.39 is 0 Å². The molecular formula is C17H21N5O2S. The molecule has 1 aromatic rings. The number of allylic oxidation sites excluding steroid dienone is 1. The molecule has 2 atom stereocenters. The quantitative estimate of drug-likeness (QED) is 0.775. The van der Waals surface area contributed by atoms with Gasteiger partial charge in [-0.25, -0.2) is 14.8 Å². The van der Waals surface area contributed by atoms with Crippen LogP contribution in [0, 0.1) is 0 Å². The number of carbonyl (C=O) groups excluding carboxylic acids is 1. The second kappa shape index (κ2) is 7.18. The molecule has 2 aliphatic heterocycles. The summed E-state index contributed by atoms with van der Waals surface area (Å²) in [5.41, 5.74) is 1.05. The number of carbonyl (C=O) groups is 1. The van der Waals surface area contributed by atoms with Gasteiger partial charge in [0.15, 0.2) is 17.5 Å². The summed E-state index contributed by atoms with van der Waals surface area (Å²) in [6.07, 6.45) is 7.08. The van der Waals surface area contributed by atoms with Crippen molar-refractivity contribution in [3.05, 3.63) is 35.9 Å². The number of fused-ring (bicyclic) bond motifs is 1. The highest BCUT2D eigenvalue weighted by Crippen LogP contribution is 2.32. The Kier molecular flexibility index (Phi) is 4.98. The highest BCUT2D eigenvalue weighted by Gasteiger charge is 2.50. The van der Waals surface area contributed by atoms with E-state index in [1.54, 1.807) is 42.2 Å². The number of amides is 2. The third-order valence-corrected chi connectivity index (χ3v) is 4.87. The van der Waals surface area contributed by atoms with Crippen molar-refractivity contribution in [2.75, 3.05) is 27.5 Å². The molecule has 2 unspecified atom stereocenters. The van der Waals surface area contributed by atoms with Crippen LogP contribution in [0.4, 0.5) is 4.79 Å². The Labute approximate surface area is 151 Å². The van der Waals surface area contributed by atoms with Crippen LogP contribution in [-0.2, 0) is 0 Å². The van der Waals surface area contributed by atoms with E-state index >= 15 is 0 Å². The van der Waals surface area contributed by atoms with Crippen LogP contribution >= 0.6 is 11.8 Å². The van der Waals surface area contributed by atoms with Gasteiger partial charge in [-0.05, 0) is 30.0 Å². The Balaban J connectivity index is 1.72. The van der Waals surface area contributed by atoms with Crippen LogP contribution in [0.25, 0.3) is 6.08 Å². The molecule has 1 fully saturated rings. The van der Waals surface area contributed by atoms with E-state index in [1.807, 2.05) is 42.7 Å². The average molecular weight is 359 g/mol. The predicted octanol–water partition coefficient (Wildman–Crippen LogP) is 2.38. The fourth-order valence-corrected chi connectivity index (χ4v) is 3.40. The zero-order valence-corrected chi connectivity index (χ0v) is 15.5. The molecule has 0 saturated carbocycles. The van der Waals surface area contributed by atoms with Crippen molar-refractivity contribution in [3.63, 3.8) is 0 Å². The number of nitrogens with zero attached hydrogens (tertiary/aromatic N) is 5. The third kappa shape index (κ3) is 3.21. The van der Waals surface area contributed by atoms with Crippen LogP contribution in [0.1, 0.15) is 5.56 Å². The summed E-state index contributed by atoms with van der Waals surface area (Å²) in [5.74, 6) is 0.827. The highest BCUT2D eigenvalue weighted by atomic mass is 32.2. The minimum absolute atomic E-state index is 0.0483. The number of urea groups is 1. The number of benzene rings is 1. The monoisotopic (exact) mass is 359 g/mol. The fourth-order valence-electron chi connectivity index (χ4n) is 2.85. The van der Waals surface area contributed by atoms with Gasteiger partial charge in [0.1, 0.15) is 5.75 Å².